The van der Waals surface area contributed by atoms with E-state index in [4.69, 9.17) is 15.8 Å². The molecule has 0 saturated carbocycles. The highest BCUT2D eigenvalue weighted by Gasteiger charge is 1.97. The first-order valence-corrected chi connectivity index (χ1v) is 4.08. The molecule has 0 bridgehead atoms. The van der Waals surface area contributed by atoms with Gasteiger partial charge < -0.3 is 4.52 Å². The molecule has 0 aliphatic carbocycles. The zero-order chi connectivity index (χ0) is 5.11. The molecule has 0 radical (unpaired) electrons. The van der Waals surface area contributed by atoms with Gasteiger partial charge in [-0.3, -0.25) is 0 Å². The molecule has 1 atom stereocenters. The zero-order valence-electron chi connectivity index (χ0n) is 3.54. The lowest BCUT2D eigenvalue weighted by Crippen LogP contribution is -1.67. The van der Waals surface area contributed by atoms with Crippen LogP contribution in [-0.2, 0) is 4.52 Å². The normalized spacial score (nSPS) is 27.3. The molecule has 1 rings (SSSR count). The van der Waals surface area contributed by atoms with Crippen molar-refractivity contribution in [3.63, 3.8) is 0 Å². The van der Waals surface area contributed by atoms with Crippen molar-refractivity contribution in [2.45, 2.75) is 0 Å². The van der Waals surface area contributed by atoms with Gasteiger partial charge in [0.25, 0.3) is 0 Å². The Morgan fingerprint density at radius 2 is 2.29 bits per heavy atom. The molecule has 0 spiro atoms. The van der Waals surface area contributed by atoms with Gasteiger partial charge in [0.15, 0.2) is 0 Å². The third-order valence-corrected chi connectivity index (χ3v) is 1.86. The van der Waals surface area contributed by atoms with Gasteiger partial charge in [-0.15, -0.1) is 0 Å². The monoisotopic (exact) mass is 134 g/mol. The van der Waals surface area contributed by atoms with Crippen LogP contribution in [0.4, 0.5) is 0 Å². The molecule has 1 nitrogen and oxygen atoms in total. The van der Waals surface area contributed by atoms with Crippen molar-refractivity contribution >= 4 is 18.7 Å². The molecule has 0 saturated heterocycles. The predicted octanol–water partition coefficient (Wildman–Crippen LogP) is 2.59. The van der Waals surface area contributed by atoms with Crippen molar-refractivity contribution in [1.82, 2.24) is 0 Å². The number of hydrogen-bond donors (Lipinski definition) is 0. The summed E-state index contributed by atoms with van der Waals surface area (Å²) in [6, 6.07) is 0. The number of halogens is 1. The summed E-state index contributed by atoms with van der Waals surface area (Å²) in [5.74, 6) is 1.83. The van der Waals surface area contributed by atoms with Crippen LogP contribution < -0.4 is 0 Å². The minimum Gasteiger partial charge on any atom is -0.462 e. The maximum Gasteiger partial charge on any atom is 0.206 e. The second-order valence-corrected chi connectivity index (χ2v) is 3.10. The molecule has 0 N–H and O–H groups in total. The Morgan fingerprint density at radius 3 is 2.57 bits per heavy atom. The lowest BCUT2D eigenvalue weighted by Gasteiger charge is -2.02. The highest BCUT2D eigenvalue weighted by atomic mass is 35.7. The fourth-order valence-corrected chi connectivity index (χ4v) is 1.12. The maximum atomic E-state index is 5.52. The second-order valence-electron chi connectivity index (χ2n) is 1.05. The van der Waals surface area contributed by atoms with Crippen LogP contribution in [0.3, 0.4) is 0 Å². The fraction of sp³-hybridized carbons (Fsp3) is 0. The molecule has 1 aliphatic rings. The van der Waals surface area contributed by atoms with Gasteiger partial charge in [-0.05, 0) is 23.1 Å². The quantitative estimate of drug-likeness (QED) is 0.463. The Bertz CT molecular complexity index is 110. The van der Waals surface area contributed by atoms with Crippen LogP contribution in [0.25, 0.3) is 0 Å². The Kier molecular flexibility index (Phi) is 1.72. The van der Waals surface area contributed by atoms with E-state index < -0.39 is 7.50 Å². The Balaban J connectivity index is 2.49. The Morgan fingerprint density at radius 1 is 1.43 bits per heavy atom. The summed E-state index contributed by atoms with van der Waals surface area (Å²) in [5.41, 5.74) is 0. The fourth-order valence-electron chi connectivity index (χ4n) is 0.291. The van der Waals surface area contributed by atoms with Crippen LogP contribution in [-0.4, -0.2) is 0 Å². The molecule has 0 amide bonds. The van der Waals surface area contributed by atoms with Gasteiger partial charge >= 0.3 is 0 Å². The minimum atomic E-state index is -0.787. The average Bonchev–Trinajstić information content (AvgIpc) is 1.69. The van der Waals surface area contributed by atoms with Crippen LogP contribution in [0, 0.1) is 0 Å². The molecule has 3 heteroatoms. The molecular formula is C4H4ClOP. The van der Waals surface area contributed by atoms with Gasteiger partial charge in [-0.25, -0.2) is 0 Å². The van der Waals surface area contributed by atoms with Gasteiger partial charge in [-0.1, -0.05) is 6.08 Å². The summed E-state index contributed by atoms with van der Waals surface area (Å²) in [4.78, 5) is 0. The molecule has 1 unspecified atom stereocenters. The van der Waals surface area contributed by atoms with Crippen molar-refractivity contribution in [1.29, 1.82) is 0 Å². The molecule has 0 fully saturated rings. The van der Waals surface area contributed by atoms with Crippen LogP contribution in [0.1, 0.15) is 0 Å². The van der Waals surface area contributed by atoms with Crippen LogP contribution in [0.15, 0.2) is 24.2 Å². The van der Waals surface area contributed by atoms with E-state index in [1.54, 1.807) is 12.3 Å². The molecule has 1 aliphatic heterocycles. The third-order valence-electron chi connectivity index (χ3n) is 0.555. The molecular weight excluding hydrogens is 130 g/mol. The van der Waals surface area contributed by atoms with Gasteiger partial charge in [-0.2, -0.15) is 0 Å². The minimum absolute atomic E-state index is 0.787. The number of rotatable bonds is 0. The molecule has 1 heterocycles. The van der Waals surface area contributed by atoms with Crippen molar-refractivity contribution in [3.05, 3.63) is 24.2 Å². The summed E-state index contributed by atoms with van der Waals surface area (Å²) in [6.07, 6.45) is 5.28. The van der Waals surface area contributed by atoms with Gasteiger partial charge in [0.2, 0.25) is 7.50 Å². The summed E-state index contributed by atoms with van der Waals surface area (Å²) >= 11 is 5.52. The van der Waals surface area contributed by atoms with Crippen molar-refractivity contribution in [2.75, 3.05) is 0 Å². The molecule has 0 aromatic carbocycles. The summed E-state index contributed by atoms with van der Waals surface area (Å²) in [6.45, 7) is 0. The van der Waals surface area contributed by atoms with E-state index in [0.29, 0.717) is 0 Å². The first kappa shape index (κ1) is 5.14. The molecule has 0 aromatic heterocycles. The molecule has 0 aromatic rings. The highest BCUT2D eigenvalue weighted by molar-refractivity contribution is 7.82. The van der Waals surface area contributed by atoms with E-state index in [9.17, 15) is 0 Å². The number of allylic oxidation sites excluding steroid dienone is 2. The molecule has 7 heavy (non-hydrogen) atoms. The largest absolute Gasteiger partial charge is 0.462 e. The van der Waals surface area contributed by atoms with Gasteiger partial charge in [0.05, 0.1) is 6.26 Å². The molecule has 38 valence electrons. The lowest BCUT2D eigenvalue weighted by atomic mass is 10.6. The summed E-state index contributed by atoms with van der Waals surface area (Å²) in [5, 5.41) is 0. The third kappa shape index (κ3) is 1.50. The first-order chi connectivity index (χ1) is 3.39. The summed E-state index contributed by atoms with van der Waals surface area (Å²) in [7, 11) is -0.787. The van der Waals surface area contributed by atoms with E-state index in [0.717, 1.165) is 0 Å². The Hall–Kier alpha value is -0.0000000000000000555. The maximum absolute atomic E-state index is 5.52. The van der Waals surface area contributed by atoms with Crippen molar-refractivity contribution in [2.24, 2.45) is 0 Å². The topological polar surface area (TPSA) is 9.23 Å². The van der Waals surface area contributed by atoms with E-state index in [-0.39, 0.29) is 0 Å². The van der Waals surface area contributed by atoms with Crippen LogP contribution >= 0.6 is 18.7 Å². The predicted molar refractivity (Wildman–Crippen MR) is 32.1 cm³/mol. The summed E-state index contributed by atoms with van der Waals surface area (Å²) < 4.78 is 4.84. The van der Waals surface area contributed by atoms with Crippen LogP contribution in [0.2, 0.25) is 0 Å². The average molecular weight is 135 g/mol. The zero-order valence-corrected chi connectivity index (χ0v) is 5.19. The van der Waals surface area contributed by atoms with E-state index in [2.05, 4.69) is 0 Å². The van der Waals surface area contributed by atoms with E-state index in [1.807, 2.05) is 11.9 Å². The standard InChI is InChI=1S/C4H4ClOP/c5-7-4-2-1-3-6-7/h1-4H. The van der Waals surface area contributed by atoms with Crippen molar-refractivity contribution < 1.29 is 4.52 Å². The first-order valence-electron chi connectivity index (χ1n) is 1.85. The van der Waals surface area contributed by atoms with Crippen molar-refractivity contribution in [3.8, 4) is 0 Å². The Labute approximate surface area is 48.2 Å². The van der Waals surface area contributed by atoms with E-state index in [1.165, 1.54) is 0 Å². The smallest absolute Gasteiger partial charge is 0.206 e. The second kappa shape index (κ2) is 2.34. The lowest BCUT2D eigenvalue weighted by molar-refractivity contribution is 0.550. The van der Waals surface area contributed by atoms with Crippen LogP contribution in [0.5, 0.6) is 0 Å². The SMILES string of the molecule is ClP1C=CC=CO1. The van der Waals surface area contributed by atoms with Gasteiger partial charge in [0, 0.05) is 0 Å². The number of hydrogen-bond acceptors (Lipinski definition) is 1. The highest BCUT2D eigenvalue weighted by Crippen LogP contribution is 2.45. The van der Waals surface area contributed by atoms with Gasteiger partial charge in [0.1, 0.15) is 0 Å². The van der Waals surface area contributed by atoms with E-state index >= 15 is 0 Å².